The zero-order valence-corrected chi connectivity index (χ0v) is 14.1. The van der Waals surface area contributed by atoms with Crippen LogP contribution in [0.1, 0.15) is 55.2 Å². The van der Waals surface area contributed by atoms with Gasteiger partial charge in [-0.05, 0) is 74.5 Å². The van der Waals surface area contributed by atoms with Gasteiger partial charge in [-0.3, -0.25) is 4.79 Å². The molecule has 3 fully saturated rings. The Hall–Kier alpha value is -1.51. The molecule has 22 heavy (non-hydrogen) atoms. The van der Waals surface area contributed by atoms with Crippen LogP contribution in [0.3, 0.4) is 0 Å². The maximum Gasteiger partial charge on any atom is 0.311 e. The van der Waals surface area contributed by atoms with Crippen molar-refractivity contribution >= 4 is 5.97 Å². The summed E-state index contributed by atoms with van der Waals surface area (Å²) in [5.41, 5.74) is 3.90. The Bertz CT molecular complexity index is 555. The summed E-state index contributed by atoms with van der Waals surface area (Å²) in [6.45, 7) is 4.24. The van der Waals surface area contributed by atoms with E-state index in [1.165, 1.54) is 23.8 Å². The third-order valence-electron chi connectivity index (χ3n) is 6.14. The summed E-state index contributed by atoms with van der Waals surface area (Å²) in [5.74, 6) is 0.999. The molecule has 4 rings (SSSR count). The number of rotatable bonds is 3. The van der Waals surface area contributed by atoms with E-state index in [0.29, 0.717) is 0 Å². The van der Waals surface area contributed by atoms with Crippen LogP contribution >= 0.6 is 0 Å². The molecular weight excluding hydrogens is 276 g/mol. The Morgan fingerprint density at radius 1 is 0.955 bits per heavy atom. The number of methoxy groups -OCH3 is 2. The van der Waals surface area contributed by atoms with E-state index in [-0.39, 0.29) is 16.8 Å². The van der Waals surface area contributed by atoms with Gasteiger partial charge in [-0.25, -0.2) is 0 Å². The standard InChI is InChI=1S/C19H26O3/c1-13-11-15(12-14(2)16(13)21-3)18-5-8-19(9-6-18,10-7-18)17(20)22-4/h11-12H,5-10H2,1-4H3. The number of benzene rings is 1. The molecule has 0 unspecified atom stereocenters. The van der Waals surface area contributed by atoms with Crippen molar-refractivity contribution in [3.8, 4) is 5.75 Å². The van der Waals surface area contributed by atoms with E-state index < -0.39 is 0 Å². The quantitative estimate of drug-likeness (QED) is 0.789. The van der Waals surface area contributed by atoms with Gasteiger partial charge < -0.3 is 9.47 Å². The minimum Gasteiger partial charge on any atom is -0.496 e. The van der Waals surface area contributed by atoms with Crippen molar-refractivity contribution in [3.63, 3.8) is 0 Å². The summed E-state index contributed by atoms with van der Waals surface area (Å²) in [5, 5.41) is 0. The average molecular weight is 302 g/mol. The van der Waals surface area contributed by atoms with Crippen molar-refractivity contribution in [2.24, 2.45) is 5.41 Å². The Balaban J connectivity index is 1.91. The predicted octanol–water partition coefficient (Wildman–Crippen LogP) is 4.08. The highest BCUT2D eigenvalue weighted by Crippen LogP contribution is 2.58. The molecule has 1 aromatic rings. The number of aryl methyl sites for hydroxylation is 2. The smallest absolute Gasteiger partial charge is 0.311 e. The van der Waals surface area contributed by atoms with Gasteiger partial charge in [-0.1, -0.05) is 12.1 Å². The van der Waals surface area contributed by atoms with Crippen molar-refractivity contribution in [1.29, 1.82) is 0 Å². The molecule has 3 saturated carbocycles. The molecule has 2 bridgehead atoms. The molecule has 0 radical (unpaired) electrons. The fourth-order valence-corrected chi connectivity index (χ4v) is 4.72. The van der Waals surface area contributed by atoms with Crippen LogP contribution in [0.25, 0.3) is 0 Å². The second-order valence-corrected chi connectivity index (χ2v) is 7.20. The third-order valence-corrected chi connectivity index (χ3v) is 6.14. The number of hydrogen-bond donors (Lipinski definition) is 0. The van der Waals surface area contributed by atoms with Crippen LogP contribution in [0, 0.1) is 19.3 Å². The zero-order chi connectivity index (χ0) is 16.0. The second-order valence-electron chi connectivity index (χ2n) is 7.20. The van der Waals surface area contributed by atoms with Gasteiger partial charge in [0.25, 0.3) is 0 Å². The first-order valence-corrected chi connectivity index (χ1v) is 8.20. The molecule has 0 aromatic heterocycles. The lowest BCUT2D eigenvalue weighted by Gasteiger charge is -2.52. The maximum absolute atomic E-state index is 12.1. The molecule has 0 N–H and O–H groups in total. The van der Waals surface area contributed by atoms with Crippen molar-refractivity contribution in [2.45, 2.75) is 57.8 Å². The van der Waals surface area contributed by atoms with Crippen LogP contribution in [0.2, 0.25) is 0 Å². The van der Waals surface area contributed by atoms with Crippen molar-refractivity contribution in [2.75, 3.05) is 14.2 Å². The van der Waals surface area contributed by atoms with E-state index >= 15 is 0 Å². The normalized spacial score (nSPS) is 30.2. The predicted molar refractivity (Wildman–Crippen MR) is 86.3 cm³/mol. The fourth-order valence-electron chi connectivity index (χ4n) is 4.72. The van der Waals surface area contributed by atoms with Crippen molar-refractivity contribution in [1.82, 2.24) is 0 Å². The lowest BCUT2D eigenvalue weighted by molar-refractivity contribution is -0.160. The van der Waals surface area contributed by atoms with Crippen LogP contribution in [-0.2, 0) is 14.9 Å². The maximum atomic E-state index is 12.1. The number of carbonyl (C=O) groups is 1. The topological polar surface area (TPSA) is 35.5 Å². The number of esters is 1. The summed E-state index contributed by atoms with van der Waals surface area (Å²) in [4.78, 5) is 12.1. The van der Waals surface area contributed by atoms with Gasteiger partial charge in [-0.15, -0.1) is 0 Å². The number of fused-ring (bicyclic) bond motifs is 3. The van der Waals surface area contributed by atoms with Gasteiger partial charge in [0.15, 0.2) is 0 Å². The van der Waals surface area contributed by atoms with Crippen LogP contribution in [0.15, 0.2) is 12.1 Å². The first kappa shape index (κ1) is 15.4. The monoisotopic (exact) mass is 302 g/mol. The van der Waals surface area contributed by atoms with E-state index in [1.54, 1.807) is 7.11 Å². The molecule has 3 aliphatic rings. The Labute approximate surface area is 133 Å². The summed E-state index contributed by atoms with van der Waals surface area (Å²) in [6.07, 6.45) is 6.16. The van der Waals surface area contributed by atoms with Crippen molar-refractivity contribution in [3.05, 3.63) is 28.8 Å². The van der Waals surface area contributed by atoms with Gasteiger partial charge >= 0.3 is 5.97 Å². The molecule has 3 heteroatoms. The largest absolute Gasteiger partial charge is 0.496 e. The molecule has 0 spiro atoms. The summed E-state index contributed by atoms with van der Waals surface area (Å²) < 4.78 is 10.6. The molecule has 0 atom stereocenters. The van der Waals surface area contributed by atoms with Gasteiger partial charge in [0, 0.05) is 0 Å². The first-order valence-electron chi connectivity index (χ1n) is 8.20. The van der Waals surface area contributed by atoms with Gasteiger partial charge in [0.1, 0.15) is 5.75 Å². The summed E-state index contributed by atoms with van der Waals surface area (Å²) >= 11 is 0. The zero-order valence-electron chi connectivity index (χ0n) is 14.1. The van der Waals surface area contributed by atoms with Crippen LogP contribution in [0.4, 0.5) is 0 Å². The van der Waals surface area contributed by atoms with E-state index in [9.17, 15) is 4.79 Å². The summed E-state index contributed by atoms with van der Waals surface area (Å²) in [7, 11) is 3.25. The molecule has 0 aliphatic heterocycles. The van der Waals surface area contributed by atoms with Gasteiger partial charge in [0.05, 0.1) is 19.6 Å². The minimum absolute atomic E-state index is 0.00268. The Kier molecular flexibility index (Phi) is 3.70. The number of carbonyl (C=O) groups excluding carboxylic acids is 1. The van der Waals surface area contributed by atoms with Gasteiger partial charge in [-0.2, -0.15) is 0 Å². The highest BCUT2D eigenvalue weighted by atomic mass is 16.5. The molecule has 3 aliphatic carbocycles. The molecule has 0 saturated heterocycles. The number of ether oxygens (including phenoxy) is 2. The highest BCUT2D eigenvalue weighted by Gasteiger charge is 2.53. The summed E-state index contributed by atoms with van der Waals surface area (Å²) in [6, 6.07) is 4.59. The van der Waals surface area contributed by atoms with E-state index in [4.69, 9.17) is 9.47 Å². The van der Waals surface area contributed by atoms with Crippen LogP contribution in [0.5, 0.6) is 5.75 Å². The Morgan fingerprint density at radius 2 is 1.45 bits per heavy atom. The average Bonchev–Trinajstić information content (AvgIpc) is 2.55. The number of hydrogen-bond acceptors (Lipinski definition) is 3. The van der Waals surface area contributed by atoms with E-state index in [1.807, 2.05) is 0 Å². The molecule has 120 valence electrons. The molecule has 3 nitrogen and oxygen atoms in total. The lowest BCUT2D eigenvalue weighted by atomic mass is 9.52. The lowest BCUT2D eigenvalue weighted by Crippen LogP contribution is -2.48. The first-order chi connectivity index (χ1) is 10.5. The van der Waals surface area contributed by atoms with Crippen molar-refractivity contribution < 1.29 is 14.3 Å². The highest BCUT2D eigenvalue weighted by molar-refractivity contribution is 5.77. The van der Waals surface area contributed by atoms with Crippen LogP contribution in [-0.4, -0.2) is 20.2 Å². The second kappa shape index (κ2) is 5.29. The molecule has 0 amide bonds. The third kappa shape index (κ3) is 2.13. The van der Waals surface area contributed by atoms with E-state index in [2.05, 4.69) is 26.0 Å². The fraction of sp³-hybridized carbons (Fsp3) is 0.632. The minimum atomic E-state index is -0.201. The van der Waals surface area contributed by atoms with Crippen LogP contribution < -0.4 is 4.74 Å². The van der Waals surface area contributed by atoms with Gasteiger partial charge in [0.2, 0.25) is 0 Å². The Morgan fingerprint density at radius 3 is 1.86 bits per heavy atom. The SMILES string of the molecule is COC(=O)C12CCC(c3cc(C)c(OC)c(C)c3)(CC1)CC2. The molecular formula is C19H26O3. The van der Waals surface area contributed by atoms with E-state index in [0.717, 1.165) is 44.3 Å². The molecule has 1 aromatic carbocycles. The molecule has 0 heterocycles.